The van der Waals surface area contributed by atoms with Crippen LogP contribution >= 0.6 is 0 Å². The maximum Gasteiger partial charge on any atom is 0.223 e. The number of aryl methyl sites for hydroxylation is 1. The van der Waals surface area contributed by atoms with Crippen LogP contribution in [0.25, 0.3) is 0 Å². The Balaban J connectivity index is 1.38. The molecule has 7 heteroatoms. The molecule has 4 rings (SSSR count). The monoisotopic (exact) mass is 422 g/mol. The van der Waals surface area contributed by atoms with Crippen molar-refractivity contribution < 1.29 is 13.6 Å². The molecule has 0 N–H and O–H groups in total. The van der Waals surface area contributed by atoms with E-state index in [1.165, 1.54) is 6.07 Å². The highest BCUT2D eigenvalue weighted by molar-refractivity contribution is 5.77. The molecule has 0 bridgehead atoms. The van der Waals surface area contributed by atoms with Crippen molar-refractivity contribution >= 4 is 5.91 Å². The summed E-state index contributed by atoms with van der Waals surface area (Å²) in [5.74, 6) is 1.14. The molecule has 6 nitrogen and oxygen atoms in total. The minimum Gasteiger partial charge on any atom is -0.425 e. The maximum atomic E-state index is 13.9. The molecule has 1 fully saturated rings. The second kappa shape index (κ2) is 9.37. The van der Waals surface area contributed by atoms with Crippen LogP contribution in [0.2, 0.25) is 0 Å². The van der Waals surface area contributed by atoms with Gasteiger partial charge in [0.05, 0.1) is 11.7 Å². The molecule has 0 radical (unpaired) electrons. The molecular weight excluding hydrogens is 395 g/mol. The SMILES string of the molecule is CC(C)c1nnc(CCC(=O)N2CCCC2c2ccc(Cc3ccccc3F)cn2)o1. The van der Waals surface area contributed by atoms with Gasteiger partial charge in [-0.1, -0.05) is 38.1 Å². The summed E-state index contributed by atoms with van der Waals surface area (Å²) in [5.41, 5.74) is 2.47. The van der Waals surface area contributed by atoms with Gasteiger partial charge in [0.1, 0.15) is 5.82 Å². The number of hydrogen-bond acceptors (Lipinski definition) is 5. The Morgan fingerprint density at radius 3 is 2.77 bits per heavy atom. The first-order chi connectivity index (χ1) is 15.0. The lowest BCUT2D eigenvalue weighted by Gasteiger charge is -2.24. The third-order valence-electron chi connectivity index (χ3n) is 5.64. The molecule has 1 aliphatic heterocycles. The number of likely N-dealkylation sites (tertiary alicyclic amines) is 1. The first kappa shape index (κ1) is 21.2. The zero-order chi connectivity index (χ0) is 21.8. The van der Waals surface area contributed by atoms with E-state index < -0.39 is 0 Å². The van der Waals surface area contributed by atoms with Crippen LogP contribution in [0, 0.1) is 5.82 Å². The largest absolute Gasteiger partial charge is 0.425 e. The lowest BCUT2D eigenvalue weighted by atomic mass is 10.0. The fraction of sp³-hybridized carbons (Fsp3) is 0.417. The van der Waals surface area contributed by atoms with Crippen molar-refractivity contribution in [2.75, 3.05) is 6.54 Å². The Labute approximate surface area is 181 Å². The van der Waals surface area contributed by atoms with E-state index >= 15 is 0 Å². The van der Waals surface area contributed by atoms with E-state index in [2.05, 4.69) is 15.2 Å². The summed E-state index contributed by atoms with van der Waals surface area (Å²) >= 11 is 0. The predicted molar refractivity (Wildman–Crippen MR) is 114 cm³/mol. The van der Waals surface area contributed by atoms with Crippen LogP contribution in [0.15, 0.2) is 47.0 Å². The molecule has 1 atom stereocenters. The lowest BCUT2D eigenvalue weighted by Crippen LogP contribution is -2.31. The summed E-state index contributed by atoms with van der Waals surface area (Å²) < 4.78 is 19.5. The minimum absolute atomic E-state index is 0.0241. The molecule has 1 amide bonds. The van der Waals surface area contributed by atoms with Gasteiger partial charge in [-0.25, -0.2) is 4.39 Å². The molecule has 0 aliphatic carbocycles. The van der Waals surface area contributed by atoms with Crippen LogP contribution in [0.5, 0.6) is 0 Å². The van der Waals surface area contributed by atoms with Crippen molar-refractivity contribution in [1.82, 2.24) is 20.1 Å². The van der Waals surface area contributed by atoms with Gasteiger partial charge in [-0.15, -0.1) is 10.2 Å². The zero-order valence-electron chi connectivity index (χ0n) is 17.9. The average molecular weight is 423 g/mol. The fourth-order valence-electron chi connectivity index (χ4n) is 3.93. The fourth-order valence-corrected chi connectivity index (χ4v) is 3.93. The lowest BCUT2D eigenvalue weighted by molar-refractivity contribution is -0.132. The molecule has 1 aromatic carbocycles. The van der Waals surface area contributed by atoms with E-state index in [-0.39, 0.29) is 23.7 Å². The van der Waals surface area contributed by atoms with Crippen LogP contribution in [-0.2, 0) is 17.6 Å². The van der Waals surface area contributed by atoms with E-state index in [4.69, 9.17) is 4.42 Å². The van der Waals surface area contributed by atoms with Gasteiger partial charge < -0.3 is 9.32 Å². The Hall–Kier alpha value is -3.09. The third kappa shape index (κ3) is 4.98. The van der Waals surface area contributed by atoms with Gasteiger partial charge in [-0.05, 0) is 36.1 Å². The van der Waals surface area contributed by atoms with Crippen molar-refractivity contribution in [3.63, 3.8) is 0 Å². The van der Waals surface area contributed by atoms with Gasteiger partial charge in [-0.2, -0.15) is 0 Å². The van der Waals surface area contributed by atoms with Crippen LogP contribution < -0.4 is 0 Å². The van der Waals surface area contributed by atoms with Crippen LogP contribution in [0.3, 0.4) is 0 Å². The molecule has 2 aromatic heterocycles. The van der Waals surface area contributed by atoms with Crippen LogP contribution in [0.1, 0.15) is 73.7 Å². The standard InChI is InChI=1S/C24H27FN4O2/c1-16(2)24-28-27-22(31-24)11-12-23(30)29-13-5-8-21(29)20-10-9-17(15-26-20)14-18-6-3-4-7-19(18)25/h3-4,6-7,9-10,15-16,21H,5,8,11-14H2,1-2H3. The van der Waals surface area contributed by atoms with Gasteiger partial charge in [0.25, 0.3) is 0 Å². The van der Waals surface area contributed by atoms with Crippen molar-refractivity contribution in [2.24, 2.45) is 0 Å². The normalized spacial score (nSPS) is 16.3. The highest BCUT2D eigenvalue weighted by Crippen LogP contribution is 2.31. The number of carbonyl (C=O) groups is 1. The van der Waals surface area contributed by atoms with Crippen LogP contribution in [-0.4, -0.2) is 32.5 Å². The van der Waals surface area contributed by atoms with E-state index in [1.54, 1.807) is 18.3 Å². The second-order valence-corrected chi connectivity index (χ2v) is 8.29. The number of halogens is 1. The third-order valence-corrected chi connectivity index (χ3v) is 5.64. The molecule has 0 spiro atoms. The molecule has 162 valence electrons. The molecule has 3 heterocycles. The highest BCUT2D eigenvalue weighted by atomic mass is 19.1. The minimum atomic E-state index is -0.207. The molecular formula is C24H27FN4O2. The first-order valence-corrected chi connectivity index (χ1v) is 10.8. The smallest absolute Gasteiger partial charge is 0.223 e. The Kier molecular flexibility index (Phi) is 6.39. The molecule has 0 saturated carbocycles. The predicted octanol–water partition coefficient (Wildman–Crippen LogP) is 4.61. The number of amides is 1. The highest BCUT2D eigenvalue weighted by Gasteiger charge is 2.30. The zero-order valence-corrected chi connectivity index (χ0v) is 17.9. The molecule has 1 saturated heterocycles. The summed E-state index contributed by atoms with van der Waals surface area (Å²) in [6.07, 6.45) is 4.90. The number of aromatic nitrogens is 3. The maximum absolute atomic E-state index is 13.9. The second-order valence-electron chi connectivity index (χ2n) is 8.29. The van der Waals surface area contributed by atoms with Crippen molar-refractivity contribution in [3.8, 4) is 0 Å². The Morgan fingerprint density at radius 1 is 1.23 bits per heavy atom. The van der Waals surface area contributed by atoms with E-state index in [0.29, 0.717) is 36.6 Å². The Morgan fingerprint density at radius 2 is 2.06 bits per heavy atom. The average Bonchev–Trinajstić information content (AvgIpc) is 3.44. The van der Waals surface area contributed by atoms with Crippen molar-refractivity contribution in [2.45, 2.75) is 57.9 Å². The number of pyridine rings is 1. The molecule has 1 aliphatic rings. The number of nitrogens with zero attached hydrogens (tertiary/aromatic N) is 4. The van der Waals surface area contributed by atoms with Gasteiger partial charge in [0.15, 0.2) is 0 Å². The summed E-state index contributed by atoms with van der Waals surface area (Å²) in [6.45, 7) is 4.71. The number of benzene rings is 1. The summed E-state index contributed by atoms with van der Waals surface area (Å²) in [5, 5.41) is 8.06. The van der Waals surface area contributed by atoms with Gasteiger partial charge in [-0.3, -0.25) is 9.78 Å². The Bertz CT molecular complexity index is 1030. The number of carbonyl (C=O) groups excluding carboxylic acids is 1. The number of rotatable bonds is 7. The topological polar surface area (TPSA) is 72.1 Å². The van der Waals surface area contributed by atoms with Crippen molar-refractivity contribution in [3.05, 3.63) is 77.0 Å². The van der Waals surface area contributed by atoms with Gasteiger partial charge >= 0.3 is 0 Å². The summed E-state index contributed by atoms with van der Waals surface area (Å²) in [7, 11) is 0. The molecule has 3 aromatic rings. The van der Waals surface area contributed by atoms with Crippen molar-refractivity contribution in [1.29, 1.82) is 0 Å². The summed E-state index contributed by atoms with van der Waals surface area (Å²) in [4.78, 5) is 19.4. The quantitative estimate of drug-likeness (QED) is 0.556. The number of hydrogen-bond donors (Lipinski definition) is 0. The van der Waals surface area contributed by atoms with E-state index in [0.717, 1.165) is 30.6 Å². The molecule has 31 heavy (non-hydrogen) atoms. The van der Waals surface area contributed by atoms with Crippen LogP contribution in [0.4, 0.5) is 4.39 Å². The first-order valence-electron chi connectivity index (χ1n) is 10.8. The molecule has 1 unspecified atom stereocenters. The van der Waals surface area contributed by atoms with Gasteiger partial charge in [0.2, 0.25) is 17.7 Å². The van der Waals surface area contributed by atoms with Gasteiger partial charge in [0, 0.05) is 37.9 Å². The van der Waals surface area contributed by atoms with E-state index in [9.17, 15) is 9.18 Å². The van der Waals surface area contributed by atoms with E-state index in [1.807, 2.05) is 36.9 Å². The summed E-state index contributed by atoms with van der Waals surface area (Å²) in [6, 6.07) is 10.7.